The molecule has 1 aromatic carbocycles. The van der Waals surface area contributed by atoms with Gasteiger partial charge in [0.2, 0.25) is 0 Å². The molecule has 1 heterocycles. The van der Waals surface area contributed by atoms with Crippen LogP contribution in [0.25, 0.3) is 0 Å². The van der Waals surface area contributed by atoms with E-state index in [1.807, 2.05) is 13.0 Å². The lowest BCUT2D eigenvalue weighted by Gasteiger charge is -2.18. The molecule has 0 spiro atoms. The maximum absolute atomic E-state index is 12.7. The first-order valence-electron chi connectivity index (χ1n) is 6.45. The van der Waals surface area contributed by atoms with Gasteiger partial charge in [-0.05, 0) is 36.6 Å². The predicted molar refractivity (Wildman–Crippen MR) is 74.2 cm³/mol. The van der Waals surface area contributed by atoms with Crippen LogP contribution in [-0.2, 0) is 12.6 Å². The van der Waals surface area contributed by atoms with Gasteiger partial charge in [0.15, 0.2) is 0 Å². The van der Waals surface area contributed by atoms with Gasteiger partial charge >= 0.3 is 6.18 Å². The van der Waals surface area contributed by atoms with Crippen molar-refractivity contribution in [1.82, 2.24) is 10.4 Å². The fourth-order valence-electron chi connectivity index (χ4n) is 2.21. The molecule has 6 heteroatoms. The van der Waals surface area contributed by atoms with Gasteiger partial charge in [-0.25, -0.2) is 0 Å². The molecule has 0 aliphatic carbocycles. The van der Waals surface area contributed by atoms with Gasteiger partial charge in [-0.15, -0.1) is 0 Å². The summed E-state index contributed by atoms with van der Waals surface area (Å²) in [5.74, 6) is 5.53. The number of aryl methyl sites for hydroxylation is 1. The Morgan fingerprint density at radius 2 is 2.00 bits per heavy atom. The van der Waals surface area contributed by atoms with Crippen molar-refractivity contribution in [3.8, 4) is 0 Å². The molecule has 3 N–H and O–H groups in total. The smallest absolute Gasteiger partial charge is 0.271 e. The van der Waals surface area contributed by atoms with Crippen molar-refractivity contribution in [2.45, 2.75) is 25.6 Å². The number of hydrogen-bond donors (Lipinski definition) is 2. The van der Waals surface area contributed by atoms with Gasteiger partial charge in [-0.1, -0.05) is 24.3 Å². The highest BCUT2D eigenvalue weighted by molar-refractivity contribution is 5.29. The van der Waals surface area contributed by atoms with Gasteiger partial charge in [-0.3, -0.25) is 16.3 Å². The quantitative estimate of drug-likeness (QED) is 0.673. The summed E-state index contributed by atoms with van der Waals surface area (Å²) >= 11 is 0. The van der Waals surface area contributed by atoms with E-state index >= 15 is 0 Å². The summed E-state index contributed by atoms with van der Waals surface area (Å²) < 4.78 is 38.2. The highest BCUT2D eigenvalue weighted by Gasteiger charge is 2.30. The third-order valence-corrected chi connectivity index (χ3v) is 3.28. The van der Waals surface area contributed by atoms with Crippen molar-refractivity contribution in [3.05, 3.63) is 65.0 Å². The van der Waals surface area contributed by atoms with Crippen LogP contribution >= 0.6 is 0 Å². The molecule has 0 saturated heterocycles. The summed E-state index contributed by atoms with van der Waals surface area (Å²) in [5, 5.41) is 0. The van der Waals surface area contributed by atoms with E-state index in [0.29, 0.717) is 12.0 Å². The number of aromatic nitrogens is 1. The second-order valence-electron chi connectivity index (χ2n) is 4.83. The Morgan fingerprint density at radius 1 is 1.24 bits per heavy atom. The number of alkyl halides is 3. The first-order chi connectivity index (χ1) is 9.91. The molecule has 0 aliphatic rings. The predicted octanol–water partition coefficient (Wildman–Crippen LogP) is 3.16. The largest absolute Gasteiger partial charge is 0.416 e. The van der Waals surface area contributed by atoms with E-state index in [1.54, 1.807) is 18.3 Å². The lowest BCUT2D eigenvalue weighted by atomic mass is 9.99. The zero-order chi connectivity index (χ0) is 15.5. The molecule has 0 aliphatic heterocycles. The number of nitrogens with zero attached hydrogens (tertiary/aromatic N) is 1. The Bertz CT molecular complexity index is 611. The lowest BCUT2D eigenvalue weighted by Crippen LogP contribution is -2.30. The van der Waals surface area contributed by atoms with Crippen molar-refractivity contribution < 1.29 is 13.2 Å². The van der Waals surface area contributed by atoms with Gasteiger partial charge in [0.05, 0.1) is 17.3 Å². The second-order valence-corrected chi connectivity index (χ2v) is 4.83. The minimum atomic E-state index is -4.34. The summed E-state index contributed by atoms with van der Waals surface area (Å²) in [5.41, 5.74) is 4.19. The average Bonchev–Trinajstić information content (AvgIpc) is 2.45. The molecule has 0 fully saturated rings. The summed E-state index contributed by atoms with van der Waals surface area (Å²) in [7, 11) is 0. The number of hydrazine groups is 1. The average molecular weight is 295 g/mol. The third kappa shape index (κ3) is 3.80. The highest BCUT2D eigenvalue weighted by Crippen LogP contribution is 2.30. The first-order valence-corrected chi connectivity index (χ1v) is 6.45. The number of rotatable bonds is 4. The minimum Gasteiger partial charge on any atom is -0.271 e. The van der Waals surface area contributed by atoms with Crippen LogP contribution in [0.3, 0.4) is 0 Å². The van der Waals surface area contributed by atoms with Crippen LogP contribution in [0.15, 0.2) is 42.6 Å². The zero-order valence-corrected chi connectivity index (χ0v) is 11.5. The van der Waals surface area contributed by atoms with E-state index in [0.717, 1.165) is 23.4 Å². The molecule has 112 valence electrons. The molecule has 1 atom stereocenters. The van der Waals surface area contributed by atoms with Crippen molar-refractivity contribution >= 4 is 0 Å². The zero-order valence-electron chi connectivity index (χ0n) is 11.5. The fourth-order valence-corrected chi connectivity index (χ4v) is 2.21. The minimum absolute atomic E-state index is 0.332. The SMILES string of the molecule is Cc1cccnc1C(Cc1cccc(C(F)(F)F)c1)NN. The number of nitrogens with one attached hydrogen (secondary N) is 1. The molecule has 3 nitrogen and oxygen atoms in total. The van der Waals surface area contributed by atoms with Crippen LogP contribution in [0.1, 0.15) is 28.4 Å². The normalized spacial score (nSPS) is 13.2. The van der Waals surface area contributed by atoms with E-state index in [9.17, 15) is 13.2 Å². The molecule has 21 heavy (non-hydrogen) atoms. The van der Waals surface area contributed by atoms with Crippen LogP contribution in [-0.4, -0.2) is 4.98 Å². The summed E-state index contributed by atoms with van der Waals surface area (Å²) in [6.45, 7) is 1.89. The molecule has 2 aromatic rings. The molecule has 0 amide bonds. The Labute approximate surface area is 121 Å². The van der Waals surface area contributed by atoms with Crippen LogP contribution in [0.2, 0.25) is 0 Å². The molecule has 0 bridgehead atoms. The number of hydrogen-bond acceptors (Lipinski definition) is 3. The molecular formula is C15H16F3N3. The highest BCUT2D eigenvalue weighted by atomic mass is 19.4. The topological polar surface area (TPSA) is 50.9 Å². The second kappa shape index (κ2) is 6.24. The van der Waals surface area contributed by atoms with Crippen molar-refractivity contribution in [2.75, 3.05) is 0 Å². The number of nitrogens with two attached hydrogens (primary N) is 1. The standard InChI is InChI=1S/C15H16F3N3/c1-10-4-3-7-20-14(10)13(21-19)9-11-5-2-6-12(8-11)15(16,17)18/h2-8,13,21H,9,19H2,1H3. The maximum Gasteiger partial charge on any atom is 0.416 e. The number of halogens is 3. The molecule has 2 rings (SSSR count). The summed E-state index contributed by atoms with van der Waals surface area (Å²) in [4.78, 5) is 4.25. The van der Waals surface area contributed by atoms with Gasteiger partial charge in [0, 0.05) is 6.20 Å². The molecule has 1 aromatic heterocycles. The maximum atomic E-state index is 12.7. The fraction of sp³-hybridized carbons (Fsp3) is 0.267. The van der Waals surface area contributed by atoms with Crippen LogP contribution in [0, 0.1) is 6.92 Å². The Morgan fingerprint density at radius 3 is 2.62 bits per heavy atom. The Kier molecular flexibility index (Phi) is 4.59. The van der Waals surface area contributed by atoms with E-state index in [1.165, 1.54) is 6.07 Å². The van der Waals surface area contributed by atoms with Crippen LogP contribution in [0.4, 0.5) is 13.2 Å². The van der Waals surface area contributed by atoms with Gasteiger partial charge in [0.25, 0.3) is 0 Å². The number of pyridine rings is 1. The van der Waals surface area contributed by atoms with E-state index in [-0.39, 0.29) is 6.04 Å². The molecule has 1 unspecified atom stereocenters. The van der Waals surface area contributed by atoms with Gasteiger partial charge < -0.3 is 0 Å². The first kappa shape index (κ1) is 15.5. The van der Waals surface area contributed by atoms with E-state index in [2.05, 4.69) is 10.4 Å². The van der Waals surface area contributed by atoms with Crippen LogP contribution in [0.5, 0.6) is 0 Å². The molecule has 0 saturated carbocycles. The van der Waals surface area contributed by atoms with Gasteiger partial charge in [-0.2, -0.15) is 13.2 Å². The molecular weight excluding hydrogens is 279 g/mol. The van der Waals surface area contributed by atoms with Crippen LogP contribution < -0.4 is 11.3 Å². The summed E-state index contributed by atoms with van der Waals surface area (Å²) in [6, 6.07) is 8.60. The lowest BCUT2D eigenvalue weighted by molar-refractivity contribution is -0.137. The summed E-state index contributed by atoms with van der Waals surface area (Å²) in [6.07, 6.45) is -2.38. The van der Waals surface area contributed by atoms with E-state index in [4.69, 9.17) is 5.84 Å². The monoisotopic (exact) mass is 295 g/mol. The molecule has 0 radical (unpaired) electrons. The Balaban J connectivity index is 2.26. The number of benzene rings is 1. The van der Waals surface area contributed by atoms with E-state index < -0.39 is 11.7 Å². The third-order valence-electron chi connectivity index (χ3n) is 3.28. The van der Waals surface area contributed by atoms with Crippen molar-refractivity contribution in [3.63, 3.8) is 0 Å². The Hall–Kier alpha value is -1.92. The van der Waals surface area contributed by atoms with Crippen molar-refractivity contribution in [1.29, 1.82) is 0 Å². The van der Waals surface area contributed by atoms with Crippen molar-refractivity contribution in [2.24, 2.45) is 5.84 Å². The van der Waals surface area contributed by atoms with Gasteiger partial charge in [0.1, 0.15) is 0 Å².